The van der Waals surface area contributed by atoms with E-state index in [1.165, 1.54) is 21.4 Å². The van der Waals surface area contributed by atoms with Gasteiger partial charge in [-0.25, -0.2) is 4.79 Å². The number of esters is 1. The zero-order chi connectivity index (χ0) is 19.7. The molecule has 0 aliphatic heterocycles. The monoisotopic (exact) mass is 370 g/mol. The van der Waals surface area contributed by atoms with Gasteiger partial charge in [0.25, 0.3) is 0 Å². The number of aromatic nitrogens is 2. The van der Waals surface area contributed by atoms with Crippen molar-refractivity contribution >= 4 is 11.9 Å². The summed E-state index contributed by atoms with van der Waals surface area (Å²) in [7, 11) is 1.72. The van der Waals surface area contributed by atoms with Gasteiger partial charge in [0.05, 0.1) is 19.4 Å². The van der Waals surface area contributed by atoms with Crippen LogP contribution in [0.4, 0.5) is 0 Å². The Labute approximate surface area is 159 Å². The maximum Gasteiger partial charge on any atom is 0.399 e. The first-order valence-corrected chi connectivity index (χ1v) is 9.33. The van der Waals surface area contributed by atoms with Crippen molar-refractivity contribution in [3.05, 3.63) is 45.3 Å². The molecule has 0 bridgehead atoms. The second kappa shape index (κ2) is 7.55. The lowest BCUT2D eigenvalue weighted by Crippen LogP contribution is -2.26. The first-order chi connectivity index (χ1) is 12.9. The molecule has 0 unspecified atom stereocenters. The first kappa shape index (κ1) is 19.1. The lowest BCUT2D eigenvalue weighted by Gasteiger charge is -2.15. The molecule has 0 radical (unpaired) electrons. The van der Waals surface area contributed by atoms with E-state index in [2.05, 4.69) is 18.1 Å². The third kappa shape index (κ3) is 3.36. The highest BCUT2D eigenvalue weighted by Gasteiger charge is 2.26. The van der Waals surface area contributed by atoms with Crippen LogP contribution in [0.2, 0.25) is 0 Å². The first-order valence-electron chi connectivity index (χ1n) is 9.33. The molecule has 6 heteroatoms. The molecule has 6 nitrogen and oxygen atoms in total. The normalized spacial score (nSPS) is 12.8. The van der Waals surface area contributed by atoms with Crippen LogP contribution in [-0.2, 0) is 28.8 Å². The molecule has 0 amide bonds. The van der Waals surface area contributed by atoms with Crippen LogP contribution >= 0.6 is 0 Å². The number of carbonyl (C=O) groups is 2. The van der Waals surface area contributed by atoms with E-state index in [9.17, 15) is 9.59 Å². The number of methoxy groups -OCH3 is 1. The van der Waals surface area contributed by atoms with Crippen LogP contribution in [0.15, 0.2) is 6.07 Å². The van der Waals surface area contributed by atoms with Gasteiger partial charge >= 0.3 is 11.9 Å². The summed E-state index contributed by atoms with van der Waals surface area (Å²) < 4.78 is 11.6. The van der Waals surface area contributed by atoms with Crippen molar-refractivity contribution in [2.75, 3.05) is 13.7 Å². The Morgan fingerprint density at radius 3 is 2.56 bits per heavy atom. The third-order valence-corrected chi connectivity index (χ3v) is 5.28. The number of ether oxygens (including phenoxy) is 2. The number of aryl methyl sites for hydroxylation is 2. The van der Waals surface area contributed by atoms with Crippen LogP contribution in [0.25, 0.3) is 0 Å². The van der Waals surface area contributed by atoms with E-state index < -0.39 is 11.9 Å². The molecule has 0 spiro atoms. The number of hydrogen-bond donors (Lipinski definition) is 0. The van der Waals surface area contributed by atoms with Gasteiger partial charge < -0.3 is 9.47 Å². The fourth-order valence-electron chi connectivity index (χ4n) is 4.04. The SMILES string of the molecule is CCOC(=O)C(=O)n1nc(C)c(Cc2cc(C)c(OC)c3c2CCC3)c1C. The van der Waals surface area contributed by atoms with Crippen LogP contribution in [0, 0.1) is 20.8 Å². The summed E-state index contributed by atoms with van der Waals surface area (Å²) in [5, 5.41) is 4.30. The number of rotatable bonds is 4. The van der Waals surface area contributed by atoms with Gasteiger partial charge in [0.2, 0.25) is 0 Å². The Morgan fingerprint density at radius 1 is 1.19 bits per heavy atom. The second-order valence-corrected chi connectivity index (χ2v) is 6.96. The molecule has 1 heterocycles. The van der Waals surface area contributed by atoms with Gasteiger partial charge in [-0.3, -0.25) is 4.79 Å². The molecule has 2 aromatic rings. The van der Waals surface area contributed by atoms with E-state index in [0.29, 0.717) is 12.1 Å². The van der Waals surface area contributed by atoms with Crippen LogP contribution in [0.1, 0.15) is 57.3 Å². The highest BCUT2D eigenvalue weighted by atomic mass is 16.5. The van der Waals surface area contributed by atoms with Crippen LogP contribution in [-0.4, -0.2) is 35.4 Å². The number of fused-ring (bicyclic) bond motifs is 1. The largest absolute Gasteiger partial charge is 0.496 e. The molecular formula is C21H26N2O4. The zero-order valence-corrected chi connectivity index (χ0v) is 16.6. The van der Waals surface area contributed by atoms with Gasteiger partial charge in [-0.1, -0.05) is 6.07 Å². The average molecular weight is 370 g/mol. The van der Waals surface area contributed by atoms with Crippen molar-refractivity contribution in [2.24, 2.45) is 0 Å². The minimum atomic E-state index is -0.879. The minimum Gasteiger partial charge on any atom is -0.496 e. The highest BCUT2D eigenvalue weighted by Crippen LogP contribution is 2.37. The van der Waals surface area contributed by atoms with Gasteiger partial charge in [-0.05, 0) is 69.2 Å². The molecule has 0 saturated heterocycles. The number of benzene rings is 1. The third-order valence-electron chi connectivity index (χ3n) is 5.28. The molecule has 0 fully saturated rings. The lowest BCUT2D eigenvalue weighted by atomic mass is 9.93. The summed E-state index contributed by atoms with van der Waals surface area (Å²) in [6.45, 7) is 7.59. The molecule has 0 saturated carbocycles. The summed E-state index contributed by atoms with van der Waals surface area (Å²) >= 11 is 0. The number of hydrogen-bond acceptors (Lipinski definition) is 5. The van der Waals surface area contributed by atoms with Gasteiger partial charge in [0.15, 0.2) is 0 Å². The molecule has 3 rings (SSSR count). The summed E-state index contributed by atoms with van der Waals surface area (Å²) in [4.78, 5) is 24.1. The van der Waals surface area contributed by atoms with E-state index in [1.807, 2.05) is 13.8 Å². The Hall–Kier alpha value is -2.63. The van der Waals surface area contributed by atoms with Gasteiger partial charge in [0, 0.05) is 17.7 Å². The van der Waals surface area contributed by atoms with Gasteiger partial charge in [0.1, 0.15) is 5.75 Å². The van der Waals surface area contributed by atoms with E-state index in [1.54, 1.807) is 14.0 Å². The maximum absolute atomic E-state index is 12.3. The van der Waals surface area contributed by atoms with E-state index in [-0.39, 0.29) is 6.61 Å². The molecule has 0 N–H and O–H groups in total. The fraction of sp³-hybridized carbons (Fsp3) is 0.476. The highest BCUT2D eigenvalue weighted by molar-refractivity contribution is 6.33. The van der Waals surface area contributed by atoms with Crippen molar-refractivity contribution < 1.29 is 19.1 Å². The molecule has 1 aliphatic rings. The lowest BCUT2D eigenvalue weighted by molar-refractivity contribution is -0.138. The van der Waals surface area contributed by atoms with E-state index in [4.69, 9.17) is 9.47 Å². The molecule has 27 heavy (non-hydrogen) atoms. The maximum atomic E-state index is 12.3. The Balaban J connectivity index is 1.98. The molecule has 1 aromatic carbocycles. The molecule has 0 atom stereocenters. The predicted octanol–water partition coefficient (Wildman–Crippen LogP) is 3.10. The van der Waals surface area contributed by atoms with Crippen molar-refractivity contribution in [1.29, 1.82) is 0 Å². The summed E-state index contributed by atoms with van der Waals surface area (Å²) in [6.07, 6.45) is 3.88. The van der Waals surface area contributed by atoms with Crippen LogP contribution in [0.5, 0.6) is 5.75 Å². The van der Waals surface area contributed by atoms with E-state index in [0.717, 1.165) is 41.8 Å². The number of nitrogens with zero attached hydrogens (tertiary/aromatic N) is 2. The van der Waals surface area contributed by atoms with Crippen molar-refractivity contribution in [2.45, 2.75) is 53.4 Å². The Kier molecular flexibility index (Phi) is 5.35. The molecule has 1 aliphatic carbocycles. The average Bonchev–Trinajstić information content (AvgIpc) is 3.22. The topological polar surface area (TPSA) is 70.4 Å². The van der Waals surface area contributed by atoms with Crippen molar-refractivity contribution in [3.63, 3.8) is 0 Å². The number of carbonyl (C=O) groups excluding carboxylic acids is 2. The van der Waals surface area contributed by atoms with Gasteiger partial charge in [-0.2, -0.15) is 9.78 Å². The molecule has 144 valence electrons. The summed E-state index contributed by atoms with van der Waals surface area (Å²) in [6, 6.07) is 2.17. The quantitative estimate of drug-likeness (QED) is 0.611. The predicted molar refractivity (Wildman–Crippen MR) is 102 cm³/mol. The standard InChI is InChI=1S/C21H26N2O4/c1-6-27-21(25)20(24)23-14(4)18(13(3)22-23)11-15-10-12(2)19(26-5)17-9-7-8-16(15)17/h10H,6-9,11H2,1-5H3. The Bertz CT molecular complexity index is 912. The minimum absolute atomic E-state index is 0.161. The van der Waals surface area contributed by atoms with E-state index >= 15 is 0 Å². The van der Waals surface area contributed by atoms with Crippen LogP contribution < -0.4 is 4.74 Å². The second-order valence-electron chi connectivity index (χ2n) is 6.96. The zero-order valence-electron chi connectivity index (χ0n) is 16.6. The van der Waals surface area contributed by atoms with Gasteiger partial charge in [-0.15, -0.1) is 0 Å². The molecule has 1 aromatic heterocycles. The van der Waals surface area contributed by atoms with Crippen molar-refractivity contribution in [3.8, 4) is 5.75 Å². The Morgan fingerprint density at radius 2 is 1.89 bits per heavy atom. The van der Waals surface area contributed by atoms with Crippen LogP contribution in [0.3, 0.4) is 0 Å². The van der Waals surface area contributed by atoms with Crippen molar-refractivity contribution in [1.82, 2.24) is 9.78 Å². The molecular weight excluding hydrogens is 344 g/mol. The summed E-state index contributed by atoms with van der Waals surface area (Å²) in [5.41, 5.74) is 7.44. The summed E-state index contributed by atoms with van der Waals surface area (Å²) in [5.74, 6) is -0.636. The fourth-order valence-corrected chi connectivity index (χ4v) is 4.04. The smallest absolute Gasteiger partial charge is 0.399 e.